The zero-order valence-corrected chi connectivity index (χ0v) is 20.1. The smallest absolute Gasteiger partial charge is 0.246 e. The van der Waals surface area contributed by atoms with Crippen LogP contribution in [0.5, 0.6) is 11.6 Å². The number of amides is 1. The average Bonchev–Trinajstić information content (AvgIpc) is 3.37. The molecule has 8 heteroatoms. The number of hydrogen-bond donors (Lipinski definition) is 1. The average molecular weight is 469 g/mol. The zero-order chi connectivity index (χ0) is 24.7. The quantitative estimate of drug-likeness (QED) is 0.430. The highest BCUT2D eigenvalue weighted by atomic mass is 16.5. The van der Waals surface area contributed by atoms with E-state index in [2.05, 4.69) is 33.0 Å². The summed E-state index contributed by atoms with van der Waals surface area (Å²) >= 11 is 0. The second-order valence-electron chi connectivity index (χ2n) is 9.00. The lowest BCUT2D eigenvalue weighted by atomic mass is 9.93. The number of benzene rings is 1. The zero-order valence-electron chi connectivity index (χ0n) is 20.1. The van der Waals surface area contributed by atoms with Gasteiger partial charge in [0.25, 0.3) is 0 Å². The molecule has 1 aliphatic heterocycles. The molecule has 1 fully saturated rings. The summed E-state index contributed by atoms with van der Waals surface area (Å²) in [4.78, 5) is 27.5. The van der Waals surface area contributed by atoms with Gasteiger partial charge in [-0.05, 0) is 50.1 Å². The van der Waals surface area contributed by atoms with Gasteiger partial charge in [0, 0.05) is 48.6 Å². The largest absolute Gasteiger partial charge is 0.439 e. The lowest BCUT2D eigenvalue weighted by Crippen LogP contribution is -2.32. The summed E-state index contributed by atoms with van der Waals surface area (Å²) in [6.07, 6.45) is 3.71. The molecule has 1 amide bonds. The van der Waals surface area contributed by atoms with E-state index >= 15 is 0 Å². The van der Waals surface area contributed by atoms with Gasteiger partial charge in [0.1, 0.15) is 23.5 Å². The Balaban J connectivity index is 1.58. The highest BCUT2D eigenvalue weighted by Gasteiger charge is 2.36. The molecule has 0 aliphatic carbocycles. The molecule has 1 saturated heterocycles. The van der Waals surface area contributed by atoms with Gasteiger partial charge in [-0.25, -0.2) is 15.0 Å². The van der Waals surface area contributed by atoms with Gasteiger partial charge in [0.2, 0.25) is 11.8 Å². The van der Waals surface area contributed by atoms with Gasteiger partial charge < -0.3 is 19.9 Å². The third-order valence-electron chi connectivity index (χ3n) is 6.69. The molecular weight excluding hydrogens is 440 g/mol. The molecule has 2 atom stereocenters. The van der Waals surface area contributed by atoms with Gasteiger partial charge >= 0.3 is 0 Å². The second kappa shape index (κ2) is 8.87. The van der Waals surface area contributed by atoms with E-state index < -0.39 is 0 Å². The van der Waals surface area contributed by atoms with Crippen LogP contribution < -0.4 is 10.5 Å². The van der Waals surface area contributed by atoms with Crippen LogP contribution in [0.1, 0.15) is 30.7 Å². The number of nitrogens with two attached hydrogens (primary N) is 1. The number of aryl methyl sites for hydroxylation is 2. The molecule has 0 spiro atoms. The van der Waals surface area contributed by atoms with E-state index in [1.807, 2.05) is 61.3 Å². The first kappa shape index (κ1) is 22.6. The minimum Gasteiger partial charge on any atom is -0.439 e. The molecule has 8 nitrogen and oxygen atoms in total. The fourth-order valence-electron chi connectivity index (χ4n) is 5.10. The first-order valence-electron chi connectivity index (χ1n) is 11.6. The summed E-state index contributed by atoms with van der Waals surface area (Å²) in [6.45, 7) is 8.27. The van der Waals surface area contributed by atoms with Crippen LogP contribution in [0.25, 0.3) is 22.2 Å². The minimum atomic E-state index is -0.0501. The summed E-state index contributed by atoms with van der Waals surface area (Å²) in [5.41, 5.74) is 11.1. The maximum Gasteiger partial charge on any atom is 0.246 e. The highest BCUT2D eigenvalue weighted by molar-refractivity contribution is 6.02. The molecular formula is C27H28N6O2. The molecule has 35 heavy (non-hydrogen) atoms. The van der Waals surface area contributed by atoms with Gasteiger partial charge in [-0.1, -0.05) is 24.8 Å². The molecule has 1 aliphatic rings. The third-order valence-corrected chi connectivity index (χ3v) is 6.69. The summed E-state index contributed by atoms with van der Waals surface area (Å²) < 4.78 is 8.03. The topological polar surface area (TPSA) is 99.2 Å². The van der Waals surface area contributed by atoms with E-state index in [0.717, 1.165) is 40.0 Å². The van der Waals surface area contributed by atoms with Gasteiger partial charge in [-0.15, -0.1) is 0 Å². The van der Waals surface area contributed by atoms with Crippen LogP contribution in [-0.4, -0.2) is 42.9 Å². The summed E-state index contributed by atoms with van der Waals surface area (Å²) in [5, 5.41) is 0.820. The van der Waals surface area contributed by atoms with Crippen molar-refractivity contribution < 1.29 is 9.53 Å². The number of ether oxygens (including phenoxy) is 1. The van der Waals surface area contributed by atoms with Crippen LogP contribution in [0, 0.1) is 6.92 Å². The maximum absolute atomic E-state index is 12.4. The predicted molar refractivity (Wildman–Crippen MR) is 136 cm³/mol. The Labute approximate surface area is 204 Å². The number of likely N-dealkylation sites (tertiary alicyclic amines) is 1. The van der Waals surface area contributed by atoms with Crippen molar-refractivity contribution >= 4 is 22.8 Å². The number of carbonyl (C=O) groups is 1. The number of rotatable bonds is 5. The molecule has 3 aromatic heterocycles. The van der Waals surface area contributed by atoms with Crippen LogP contribution in [0.2, 0.25) is 0 Å². The molecule has 2 unspecified atom stereocenters. The molecule has 4 heterocycles. The number of aromatic nitrogens is 4. The Morgan fingerprint density at radius 1 is 1.20 bits per heavy atom. The Kier molecular flexibility index (Phi) is 5.72. The van der Waals surface area contributed by atoms with Crippen molar-refractivity contribution in [1.82, 2.24) is 24.4 Å². The maximum atomic E-state index is 12.4. The van der Waals surface area contributed by atoms with E-state index in [-0.39, 0.29) is 17.9 Å². The number of anilines is 1. The SMILES string of the molecule is C=CC(=O)N1CC(c2c(-c3ccc(Oc4cccc(C)n4)cc3)c3c(N)ncnc3n2C)CC1C. The molecule has 5 rings (SSSR count). The minimum absolute atomic E-state index is 0.0501. The van der Waals surface area contributed by atoms with Crippen LogP contribution in [-0.2, 0) is 11.8 Å². The van der Waals surface area contributed by atoms with Gasteiger partial charge in [0.05, 0.1) is 5.39 Å². The van der Waals surface area contributed by atoms with Crippen molar-refractivity contribution in [2.45, 2.75) is 32.2 Å². The molecule has 0 radical (unpaired) electrons. The first-order valence-corrected chi connectivity index (χ1v) is 11.6. The lowest BCUT2D eigenvalue weighted by Gasteiger charge is -2.19. The Morgan fingerprint density at radius 2 is 1.97 bits per heavy atom. The number of carbonyl (C=O) groups excluding carboxylic acids is 1. The van der Waals surface area contributed by atoms with Crippen LogP contribution in [0.4, 0.5) is 5.82 Å². The van der Waals surface area contributed by atoms with Crippen LogP contribution >= 0.6 is 0 Å². The number of fused-ring (bicyclic) bond motifs is 1. The van der Waals surface area contributed by atoms with E-state index in [4.69, 9.17) is 10.5 Å². The standard InChI is InChI=1S/C27H28N6O2/c1-5-22(34)33-14-19(13-17(33)3)25-23(24-26(28)29-15-30-27(24)32(25)4)18-9-11-20(12-10-18)35-21-8-6-7-16(2)31-21/h5-12,15,17,19H,1,13-14H2,2-4H3,(H2,28,29,30). The van der Waals surface area contributed by atoms with Crippen molar-refractivity contribution in [2.24, 2.45) is 7.05 Å². The van der Waals surface area contributed by atoms with Gasteiger partial charge in [-0.2, -0.15) is 0 Å². The predicted octanol–water partition coefficient (Wildman–Crippen LogP) is 4.60. The summed E-state index contributed by atoms with van der Waals surface area (Å²) in [6, 6.07) is 13.7. The Hall–Kier alpha value is -4.20. The molecule has 0 bridgehead atoms. The van der Waals surface area contributed by atoms with E-state index in [0.29, 0.717) is 24.0 Å². The number of nitrogens with zero attached hydrogens (tertiary/aromatic N) is 5. The summed E-state index contributed by atoms with van der Waals surface area (Å²) in [5.74, 6) is 1.74. The molecule has 4 aromatic rings. The molecule has 178 valence electrons. The number of pyridine rings is 1. The normalized spacial score (nSPS) is 17.6. The van der Waals surface area contributed by atoms with Crippen LogP contribution in [0.3, 0.4) is 0 Å². The fraction of sp³-hybridized carbons (Fsp3) is 0.259. The van der Waals surface area contributed by atoms with E-state index in [9.17, 15) is 4.79 Å². The Bertz CT molecular complexity index is 1430. The van der Waals surface area contributed by atoms with Gasteiger partial charge in [0.15, 0.2) is 0 Å². The molecule has 0 saturated carbocycles. The van der Waals surface area contributed by atoms with Crippen molar-refractivity contribution in [3.8, 4) is 22.8 Å². The number of nitrogen functional groups attached to an aromatic ring is 1. The van der Waals surface area contributed by atoms with Crippen molar-refractivity contribution in [3.05, 3.63) is 72.8 Å². The number of hydrogen-bond acceptors (Lipinski definition) is 6. The van der Waals surface area contributed by atoms with Crippen LogP contribution in [0.15, 0.2) is 61.4 Å². The van der Waals surface area contributed by atoms with Crippen molar-refractivity contribution in [1.29, 1.82) is 0 Å². The van der Waals surface area contributed by atoms with E-state index in [1.54, 1.807) is 0 Å². The first-order chi connectivity index (χ1) is 16.9. The van der Waals surface area contributed by atoms with Crippen molar-refractivity contribution in [2.75, 3.05) is 12.3 Å². The van der Waals surface area contributed by atoms with Gasteiger partial charge in [-0.3, -0.25) is 4.79 Å². The monoisotopic (exact) mass is 468 g/mol. The third kappa shape index (κ3) is 4.01. The van der Waals surface area contributed by atoms with Crippen molar-refractivity contribution in [3.63, 3.8) is 0 Å². The Morgan fingerprint density at radius 3 is 2.69 bits per heavy atom. The molecule has 1 aromatic carbocycles. The fourth-order valence-corrected chi connectivity index (χ4v) is 5.10. The summed E-state index contributed by atoms with van der Waals surface area (Å²) in [7, 11) is 2.00. The second-order valence-corrected chi connectivity index (χ2v) is 9.00. The highest BCUT2D eigenvalue weighted by Crippen LogP contribution is 2.43. The lowest BCUT2D eigenvalue weighted by molar-refractivity contribution is -0.126. The molecule has 2 N–H and O–H groups in total. The van der Waals surface area contributed by atoms with E-state index in [1.165, 1.54) is 12.4 Å².